The topological polar surface area (TPSA) is 35.8 Å². The molecule has 1 N–H and O–H groups in total. The van der Waals surface area contributed by atoms with Crippen LogP contribution in [0.5, 0.6) is 0 Å². The molecule has 0 aliphatic carbocycles. The lowest BCUT2D eigenvalue weighted by atomic mass is 9.98. The molecule has 2 heteroatoms. The summed E-state index contributed by atoms with van der Waals surface area (Å²) in [6.45, 7) is 2.19. The molecule has 13 heavy (non-hydrogen) atoms. The molecule has 0 spiro atoms. The van der Waals surface area contributed by atoms with Crippen LogP contribution in [0.3, 0.4) is 0 Å². The van der Waals surface area contributed by atoms with Crippen molar-refractivity contribution in [1.29, 1.82) is 5.26 Å². The van der Waals surface area contributed by atoms with Gasteiger partial charge in [0.05, 0.1) is 11.6 Å². The number of rotatable bonds is 1. The van der Waals surface area contributed by atoms with Gasteiger partial charge in [-0.1, -0.05) is 12.1 Å². The van der Waals surface area contributed by atoms with Crippen LogP contribution in [0.2, 0.25) is 0 Å². The van der Waals surface area contributed by atoms with Gasteiger partial charge in [-0.15, -0.1) is 0 Å². The average molecular weight is 172 g/mol. The van der Waals surface area contributed by atoms with Crippen molar-refractivity contribution in [2.45, 2.75) is 12.3 Å². The molecule has 0 unspecified atom stereocenters. The molecule has 1 aromatic rings. The van der Waals surface area contributed by atoms with Gasteiger partial charge < -0.3 is 5.32 Å². The van der Waals surface area contributed by atoms with Crippen molar-refractivity contribution in [3.05, 3.63) is 35.4 Å². The van der Waals surface area contributed by atoms with E-state index in [1.54, 1.807) is 0 Å². The highest BCUT2D eigenvalue weighted by molar-refractivity contribution is 5.33. The molecule has 1 aliphatic rings. The Hall–Kier alpha value is -1.33. The summed E-state index contributed by atoms with van der Waals surface area (Å²) in [5.41, 5.74) is 2.10. The van der Waals surface area contributed by atoms with Crippen molar-refractivity contribution in [1.82, 2.24) is 5.32 Å². The van der Waals surface area contributed by atoms with Crippen LogP contribution in [0, 0.1) is 11.3 Å². The molecule has 0 saturated carbocycles. The van der Waals surface area contributed by atoms with Crippen LogP contribution in [0.4, 0.5) is 0 Å². The minimum Gasteiger partial charge on any atom is -0.316 e. The van der Waals surface area contributed by atoms with Gasteiger partial charge in [0.25, 0.3) is 0 Å². The van der Waals surface area contributed by atoms with Crippen molar-refractivity contribution in [3.63, 3.8) is 0 Å². The number of hydrogen-bond donors (Lipinski definition) is 1. The Morgan fingerprint density at radius 1 is 1.31 bits per heavy atom. The smallest absolute Gasteiger partial charge is 0.0991 e. The Kier molecular flexibility index (Phi) is 2.29. The standard InChI is InChI=1S/C11H12N2/c12-7-9-1-3-10(4-2-9)11-5-6-13-8-11/h1-4,11,13H,5-6,8H2/t11-/m0/s1. The Morgan fingerprint density at radius 3 is 2.62 bits per heavy atom. The average Bonchev–Trinajstić information content (AvgIpc) is 2.71. The van der Waals surface area contributed by atoms with E-state index in [2.05, 4.69) is 23.5 Å². The number of hydrogen-bond acceptors (Lipinski definition) is 2. The first kappa shape index (κ1) is 8.28. The van der Waals surface area contributed by atoms with Crippen molar-refractivity contribution in [3.8, 4) is 6.07 Å². The van der Waals surface area contributed by atoms with E-state index in [0.717, 1.165) is 18.7 Å². The summed E-state index contributed by atoms with van der Waals surface area (Å²) < 4.78 is 0. The zero-order chi connectivity index (χ0) is 9.10. The fourth-order valence-corrected chi connectivity index (χ4v) is 1.77. The lowest BCUT2D eigenvalue weighted by Crippen LogP contribution is -2.07. The van der Waals surface area contributed by atoms with Crippen LogP contribution >= 0.6 is 0 Å². The van der Waals surface area contributed by atoms with Gasteiger partial charge in [0.1, 0.15) is 0 Å². The SMILES string of the molecule is N#Cc1ccc([C@H]2CCNC2)cc1. The van der Waals surface area contributed by atoms with Gasteiger partial charge in [-0.3, -0.25) is 0 Å². The minimum absolute atomic E-state index is 0.646. The Labute approximate surface area is 78.2 Å². The Morgan fingerprint density at radius 2 is 2.08 bits per heavy atom. The molecule has 2 rings (SSSR count). The lowest BCUT2D eigenvalue weighted by molar-refractivity contribution is 0.763. The van der Waals surface area contributed by atoms with Gasteiger partial charge in [-0.05, 0) is 36.6 Å². The van der Waals surface area contributed by atoms with Gasteiger partial charge in [0.15, 0.2) is 0 Å². The summed E-state index contributed by atoms with van der Waals surface area (Å²) in [5.74, 6) is 0.646. The van der Waals surface area contributed by atoms with Gasteiger partial charge >= 0.3 is 0 Å². The van der Waals surface area contributed by atoms with E-state index < -0.39 is 0 Å². The third-order valence-corrected chi connectivity index (χ3v) is 2.57. The lowest BCUT2D eigenvalue weighted by Gasteiger charge is -2.07. The monoisotopic (exact) mass is 172 g/mol. The minimum atomic E-state index is 0.646. The van der Waals surface area contributed by atoms with E-state index >= 15 is 0 Å². The van der Waals surface area contributed by atoms with Gasteiger partial charge in [-0.2, -0.15) is 5.26 Å². The molecule has 0 bridgehead atoms. The highest BCUT2D eigenvalue weighted by Gasteiger charge is 2.15. The molecule has 1 fully saturated rings. The van der Waals surface area contributed by atoms with Crippen molar-refractivity contribution in [2.24, 2.45) is 0 Å². The summed E-state index contributed by atoms with van der Waals surface area (Å²) >= 11 is 0. The molecular weight excluding hydrogens is 160 g/mol. The van der Waals surface area contributed by atoms with Crippen molar-refractivity contribution in [2.75, 3.05) is 13.1 Å². The number of benzene rings is 1. The first-order chi connectivity index (χ1) is 6.40. The van der Waals surface area contributed by atoms with E-state index in [-0.39, 0.29) is 0 Å². The largest absolute Gasteiger partial charge is 0.316 e. The van der Waals surface area contributed by atoms with Crippen LogP contribution in [-0.2, 0) is 0 Å². The Bertz CT molecular complexity index is 315. The van der Waals surface area contributed by atoms with Gasteiger partial charge in [0.2, 0.25) is 0 Å². The maximum Gasteiger partial charge on any atom is 0.0991 e. The summed E-state index contributed by atoms with van der Waals surface area (Å²) in [6.07, 6.45) is 1.21. The predicted molar refractivity (Wildman–Crippen MR) is 51.4 cm³/mol. The predicted octanol–water partition coefficient (Wildman–Crippen LogP) is 1.64. The van der Waals surface area contributed by atoms with Crippen molar-refractivity contribution < 1.29 is 0 Å². The first-order valence-electron chi connectivity index (χ1n) is 4.61. The summed E-state index contributed by atoms with van der Waals surface area (Å²) in [7, 11) is 0. The van der Waals surface area contributed by atoms with Crippen molar-refractivity contribution >= 4 is 0 Å². The number of nitrogens with zero attached hydrogens (tertiary/aromatic N) is 1. The number of nitrogens with one attached hydrogen (secondary N) is 1. The van der Waals surface area contributed by atoms with Crippen LogP contribution in [0.15, 0.2) is 24.3 Å². The molecule has 1 atom stereocenters. The summed E-state index contributed by atoms with van der Waals surface area (Å²) in [4.78, 5) is 0. The molecule has 2 nitrogen and oxygen atoms in total. The quantitative estimate of drug-likeness (QED) is 0.699. The molecule has 1 heterocycles. The number of nitriles is 1. The summed E-state index contributed by atoms with van der Waals surface area (Å²) in [6, 6.07) is 10.1. The first-order valence-corrected chi connectivity index (χ1v) is 4.61. The molecule has 0 aromatic heterocycles. The maximum atomic E-state index is 8.63. The second-order valence-electron chi connectivity index (χ2n) is 3.42. The van der Waals surface area contributed by atoms with Crippen LogP contribution < -0.4 is 5.32 Å². The summed E-state index contributed by atoms with van der Waals surface area (Å²) in [5, 5.41) is 12.0. The maximum absolute atomic E-state index is 8.63. The molecule has 66 valence electrons. The molecule has 1 aliphatic heterocycles. The molecule has 1 aromatic carbocycles. The van der Waals surface area contributed by atoms with Gasteiger partial charge in [-0.25, -0.2) is 0 Å². The van der Waals surface area contributed by atoms with E-state index in [0.29, 0.717) is 5.92 Å². The van der Waals surface area contributed by atoms with Crippen LogP contribution in [-0.4, -0.2) is 13.1 Å². The third-order valence-electron chi connectivity index (χ3n) is 2.57. The van der Waals surface area contributed by atoms with Crippen LogP contribution in [0.1, 0.15) is 23.5 Å². The zero-order valence-corrected chi connectivity index (χ0v) is 7.46. The highest BCUT2D eigenvalue weighted by Crippen LogP contribution is 2.22. The third kappa shape index (κ3) is 1.71. The van der Waals surface area contributed by atoms with E-state index in [1.807, 2.05) is 12.1 Å². The second-order valence-corrected chi connectivity index (χ2v) is 3.42. The van der Waals surface area contributed by atoms with E-state index in [4.69, 9.17) is 5.26 Å². The fraction of sp³-hybridized carbons (Fsp3) is 0.364. The van der Waals surface area contributed by atoms with Gasteiger partial charge in [0, 0.05) is 6.54 Å². The normalized spacial score (nSPS) is 21.3. The molecule has 0 radical (unpaired) electrons. The van der Waals surface area contributed by atoms with E-state index in [1.165, 1.54) is 12.0 Å². The molecule has 0 amide bonds. The molecular formula is C11H12N2. The second kappa shape index (κ2) is 3.59. The highest BCUT2D eigenvalue weighted by atomic mass is 14.9. The zero-order valence-electron chi connectivity index (χ0n) is 7.46. The van der Waals surface area contributed by atoms with Crippen LogP contribution in [0.25, 0.3) is 0 Å². The Balaban J connectivity index is 2.18. The molecule has 1 saturated heterocycles. The van der Waals surface area contributed by atoms with E-state index in [9.17, 15) is 0 Å². The fourth-order valence-electron chi connectivity index (χ4n) is 1.77.